The number of carbonyl (C=O) groups excluding carboxylic acids is 1. The molecule has 2 rings (SSSR count). The number of amides is 1. The molecule has 0 aliphatic heterocycles. The molecule has 1 aromatic carbocycles. The molecule has 5 heteroatoms. The number of hydrogen-bond acceptors (Lipinski definition) is 4. The van der Waals surface area contributed by atoms with Crippen molar-refractivity contribution >= 4 is 27.5 Å². The SMILES string of the molecule is COc1cccc2sc(CC(N)=O)nc12. The Morgan fingerprint density at radius 3 is 3.07 bits per heavy atom. The molecule has 4 nitrogen and oxygen atoms in total. The summed E-state index contributed by atoms with van der Waals surface area (Å²) in [4.78, 5) is 15.1. The van der Waals surface area contributed by atoms with Crippen molar-refractivity contribution in [3.05, 3.63) is 23.2 Å². The Labute approximate surface area is 90.7 Å². The van der Waals surface area contributed by atoms with E-state index < -0.39 is 0 Å². The molecule has 0 aliphatic carbocycles. The maximum Gasteiger partial charge on any atom is 0.224 e. The summed E-state index contributed by atoms with van der Waals surface area (Å²) in [6, 6.07) is 5.68. The first-order valence-corrected chi connectivity index (χ1v) is 5.23. The van der Waals surface area contributed by atoms with Crippen molar-refractivity contribution in [2.75, 3.05) is 7.11 Å². The number of thiazole rings is 1. The van der Waals surface area contributed by atoms with Gasteiger partial charge in [-0.1, -0.05) is 6.07 Å². The van der Waals surface area contributed by atoms with Gasteiger partial charge < -0.3 is 10.5 Å². The smallest absolute Gasteiger partial charge is 0.224 e. The molecule has 78 valence electrons. The second-order valence-corrected chi connectivity index (χ2v) is 4.17. The van der Waals surface area contributed by atoms with Gasteiger partial charge in [0.1, 0.15) is 16.3 Å². The van der Waals surface area contributed by atoms with Gasteiger partial charge in [0.25, 0.3) is 0 Å². The minimum atomic E-state index is -0.368. The van der Waals surface area contributed by atoms with Crippen molar-refractivity contribution in [3.8, 4) is 5.75 Å². The standard InChI is InChI=1S/C10H10N2O2S/c1-14-6-3-2-4-7-10(6)12-9(15-7)5-8(11)13/h2-4H,5H2,1H3,(H2,11,13). The zero-order valence-electron chi connectivity index (χ0n) is 8.19. The van der Waals surface area contributed by atoms with E-state index in [0.29, 0.717) is 0 Å². The van der Waals surface area contributed by atoms with Gasteiger partial charge in [0.15, 0.2) is 0 Å². The fourth-order valence-electron chi connectivity index (χ4n) is 1.36. The van der Waals surface area contributed by atoms with Gasteiger partial charge in [0.05, 0.1) is 18.2 Å². The number of carbonyl (C=O) groups is 1. The average Bonchev–Trinajstić information content (AvgIpc) is 2.58. The molecule has 1 aromatic heterocycles. The first kappa shape index (κ1) is 9.92. The van der Waals surface area contributed by atoms with Crippen LogP contribution in [0.25, 0.3) is 10.2 Å². The van der Waals surface area contributed by atoms with Crippen LogP contribution in [0.15, 0.2) is 18.2 Å². The van der Waals surface area contributed by atoms with Gasteiger partial charge in [-0.3, -0.25) is 4.79 Å². The van der Waals surface area contributed by atoms with E-state index >= 15 is 0 Å². The predicted octanol–water partition coefficient (Wildman–Crippen LogP) is 1.33. The number of benzene rings is 1. The lowest BCUT2D eigenvalue weighted by molar-refractivity contribution is -0.117. The number of fused-ring (bicyclic) bond motifs is 1. The molecule has 0 unspecified atom stereocenters. The van der Waals surface area contributed by atoms with Crippen molar-refractivity contribution in [1.82, 2.24) is 4.98 Å². The number of nitrogens with zero attached hydrogens (tertiary/aromatic N) is 1. The van der Waals surface area contributed by atoms with Crippen LogP contribution in [0, 0.1) is 0 Å². The first-order chi connectivity index (χ1) is 7.20. The Kier molecular flexibility index (Phi) is 2.55. The van der Waals surface area contributed by atoms with E-state index in [-0.39, 0.29) is 12.3 Å². The molecule has 0 fully saturated rings. The zero-order valence-corrected chi connectivity index (χ0v) is 9.00. The quantitative estimate of drug-likeness (QED) is 0.852. The monoisotopic (exact) mass is 222 g/mol. The highest BCUT2D eigenvalue weighted by molar-refractivity contribution is 7.18. The van der Waals surface area contributed by atoms with Crippen molar-refractivity contribution in [3.63, 3.8) is 0 Å². The minimum Gasteiger partial charge on any atom is -0.494 e. The Morgan fingerprint density at radius 1 is 1.60 bits per heavy atom. The molecule has 0 bridgehead atoms. The summed E-state index contributed by atoms with van der Waals surface area (Å²) in [7, 11) is 1.60. The Hall–Kier alpha value is -1.62. The largest absolute Gasteiger partial charge is 0.494 e. The van der Waals surface area contributed by atoms with Crippen molar-refractivity contribution in [2.24, 2.45) is 5.73 Å². The van der Waals surface area contributed by atoms with Crippen molar-refractivity contribution in [2.45, 2.75) is 6.42 Å². The van der Waals surface area contributed by atoms with Crippen molar-refractivity contribution in [1.29, 1.82) is 0 Å². The molecule has 0 aliphatic rings. The van der Waals surface area contributed by atoms with E-state index in [0.717, 1.165) is 21.0 Å². The van der Waals surface area contributed by atoms with Crippen LogP contribution in [0.5, 0.6) is 5.75 Å². The number of rotatable bonds is 3. The summed E-state index contributed by atoms with van der Waals surface area (Å²) >= 11 is 1.46. The highest BCUT2D eigenvalue weighted by Gasteiger charge is 2.09. The summed E-state index contributed by atoms with van der Waals surface area (Å²) in [5.41, 5.74) is 5.91. The molecule has 1 heterocycles. The summed E-state index contributed by atoms with van der Waals surface area (Å²) in [6.07, 6.45) is 0.183. The lowest BCUT2D eigenvalue weighted by Gasteiger charge is -1.97. The number of aromatic nitrogens is 1. The normalized spacial score (nSPS) is 10.5. The van der Waals surface area contributed by atoms with Gasteiger partial charge in [-0.05, 0) is 12.1 Å². The van der Waals surface area contributed by atoms with Crippen molar-refractivity contribution < 1.29 is 9.53 Å². The molecule has 0 saturated carbocycles. The molecule has 2 N–H and O–H groups in total. The van der Waals surface area contributed by atoms with E-state index in [1.165, 1.54) is 11.3 Å². The molecule has 0 radical (unpaired) electrons. The van der Waals surface area contributed by atoms with Crippen LogP contribution in [0.2, 0.25) is 0 Å². The Bertz CT molecular complexity index is 507. The number of primary amides is 1. The summed E-state index contributed by atoms with van der Waals surface area (Å²) in [5.74, 6) is 0.354. The minimum absolute atomic E-state index is 0.183. The second kappa shape index (κ2) is 3.86. The van der Waals surface area contributed by atoms with Crippen LogP contribution < -0.4 is 10.5 Å². The van der Waals surface area contributed by atoms with Crippen LogP contribution >= 0.6 is 11.3 Å². The summed E-state index contributed by atoms with van der Waals surface area (Å²) in [6.45, 7) is 0. The van der Waals surface area contributed by atoms with E-state index in [1.54, 1.807) is 7.11 Å². The number of methoxy groups -OCH3 is 1. The molecule has 0 atom stereocenters. The summed E-state index contributed by atoms with van der Waals surface area (Å²) < 4.78 is 6.18. The highest BCUT2D eigenvalue weighted by atomic mass is 32.1. The molecule has 15 heavy (non-hydrogen) atoms. The number of nitrogens with two attached hydrogens (primary N) is 1. The summed E-state index contributed by atoms with van der Waals surface area (Å²) in [5, 5.41) is 0.724. The van der Waals surface area contributed by atoms with Crippen LogP contribution in [0.3, 0.4) is 0 Å². The Balaban J connectivity index is 2.50. The van der Waals surface area contributed by atoms with Gasteiger partial charge in [-0.2, -0.15) is 0 Å². The predicted molar refractivity (Wildman–Crippen MR) is 59.1 cm³/mol. The van der Waals surface area contributed by atoms with Gasteiger partial charge in [-0.25, -0.2) is 4.98 Å². The lowest BCUT2D eigenvalue weighted by atomic mass is 10.3. The highest BCUT2D eigenvalue weighted by Crippen LogP contribution is 2.29. The molecule has 1 amide bonds. The zero-order chi connectivity index (χ0) is 10.8. The third kappa shape index (κ3) is 1.92. The fraction of sp³-hybridized carbons (Fsp3) is 0.200. The fourth-order valence-corrected chi connectivity index (χ4v) is 2.35. The lowest BCUT2D eigenvalue weighted by Crippen LogP contribution is -2.13. The van der Waals surface area contributed by atoms with E-state index in [1.807, 2.05) is 18.2 Å². The molecular weight excluding hydrogens is 212 g/mol. The average molecular weight is 222 g/mol. The first-order valence-electron chi connectivity index (χ1n) is 4.41. The van der Waals surface area contributed by atoms with Crippen LogP contribution in [-0.4, -0.2) is 18.0 Å². The number of hydrogen-bond donors (Lipinski definition) is 1. The van der Waals surface area contributed by atoms with E-state index in [4.69, 9.17) is 10.5 Å². The maximum atomic E-state index is 10.8. The molecule has 2 aromatic rings. The van der Waals surface area contributed by atoms with E-state index in [9.17, 15) is 4.79 Å². The van der Waals surface area contributed by atoms with Gasteiger partial charge in [0.2, 0.25) is 5.91 Å². The molecular formula is C10H10N2O2S. The van der Waals surface area contributed by atoms with Crippen LogP contribution in [0.4, 0.5) is 0 Å². The molecule has 0 spiro atoms. The number of para-hydroxylation sites is 1. The maximum absolute atomic E-state index is 10.8. The molecule has 0 saturated heterocycles. The van der Waals surface area contributed by atoms with Crippen LogP contribution in [0.1, 0.15) is 5.01 Å². The third-order valence-electron chi connectivity index (χ3n) is 1.97. The van der Waals surface area contributed by atoms with Gasteiger partial charge in [-0.15, -0.1) is 11.3 Å². The topological polar surface area (TPSA) is 65.2 Å². The van der Waals surface area contributed by atoms with Gasteiger partial charge >= 0.3 is 0 Å². The Morgan fingerprint density at radius 2 is 2.40 bits per heavy atom. The number of ether oxygens (including phenoxy) is 1. The second-order valence-electron chi connectivity index (χ2n) is 3.06. The van der Waals surface area contributed by atoms with E-state index in [2.05, 4.69) is 4.98 Å². The third-order valence-corrected chi connectivity index (χ3v) is 2.99. The van der Waals surface area contributed by atoms with Crippen LogP contribution in [-0.2, 0) is 11.2 Å². The van der Waals surface area contributed by atoms with Gasteiger partial charge in [0, 0.05) is 0 Å².